The van der Waals surface area contributed by atoms with Crippen LogP contribution in [0.2, 0.25) is 0 Å². The van der Waals surface area contributed by atoms with Crippen LogP contribution in [0.1, 0.15) is 29.4 Å². The Labute approximate surface area is 160 Å². The monoisotopic (exact) mass is 387 g/mol. The number of amides is 1. The van der Waals surface area contributed by atoms with Gasteiger partial charge in [0, 0.05) is 31.0 Å². The number of nitrogens with zero attached hydrogens (tertiary/aromatic N) is 2. The van der Waals surface area contributed by atoms with Crippen LogP contribution in [-0.4, -0.2) is 49.9 Å². The lowest BCUT2D eigenvalue weighted by Crippen LogP contribution is -2.36. The summed E-state index contributed by atoms with van der Waals surface area (Å²) in [5, 5.41) is 2.90. The van der Waals surface area contributed by atoms with Crippen LogP contribution in [-0.2, 0) is 16.3 Å². The van der Waals surface area contributed by atoms with Gasteiger partial charge in [0.1, 0.15) is 5.69 Å². The maximum Gasteiger partial charge on any atom is 0.269 e. The fourth-order valence-electron chi connectivity index (χ4n) is 3.45. The first kappa shape index (κ1) is 19.4. The molecule has 2 heterocycles. The van der Waals surface area contributed by atoms with Crippen molar-refractivity contribution in [2.75, 3.05) is 29.5 Å². The van der Waals surface area contributed by atoms with Gasteiger partial charge in [-0.2, -0.15) is 0 Å². The van der Waals surface area contributed by atoms with Crippen molar-refractivity contribution in [3.05, 3.63) is 59.9 Å². The predicted molar refractivity (Wildman–Crippen MR) is 107 cm³/mol. The van der Waals surface area contributed by atoms with Gasteiger partial charge in [-0.1, -0.05) is 30.3 Å². The Morgan fingerprint density at radius 1 is 1.26 bits per heavy atom. The first-order chi connectivity index (χ1) is 13.0. The zero-order valence-electron chi connectivity index (χ0n) is 15.5. The molecule has 1 amide bonds. The molecule has 6 nitrogen and oxygen atoms in total. The number of pyridine rings is 1. The van der Waals surface area contributed by atoms with Gasteiger partial charge in [-0.3, -0.25) is 9.78 Å². The van der Waals surface area contributed by atoms with Crippen LogP contribution in [0, 0.1) is 0 Å². The molecule has 3 rings (SSSR count). The van der Waals surface area contributed by atoms with Gasteiger partial charge >= 0.3 is 0 Å². The number of rotatable bonds is 7. The lowest BCUT2D eigenvalue weighted by atomic mass is 10.1. The van der Waals surface area contributed by atoms with E-state index in [1.165, 1.54) is 5.56 Å². The van der Waals surface area contributed by atoms with Crippen LogP contribution in [0.15, 0.2) is 48.7 Å². The van der Waals surface area contributed by atoms with Crippen molar-refractivity contribution in [2.45, 2.75) is 25.8 Å². The number of hydrogen-bond acceptors (Lipinski definition) is 5. The summed E-state index contributed by atoms with van der Waals surface area (Å²) in [6, 6.07) is 13.5. The predicted octanol–water partition coefficient (Wildman–Crippen LogP) is 2.07. The molecule has 0 saturated carbocycles. The summed E-state index contributed by atoms with van der Waals surface area (Å²) in [4.78, 5) is 18.7. The average molecular weight is 388 g/mol. The Hall–Kier alpha value is -2.41. The molecule has 0 aliphatic carbocycles. The normalized spacial score (nSPS) is 18.2. The summed E-state index contributed by atoms with van der Waals surface area (Å²) in [6.07, 6.45) is 2.98. The van der Waals surface area contributed by atoms with Gasteiger partial charge in [0.15, 0.2) is 9.84 Å². The Balaban J connectivity index is 1.64. The van der Waals surface area contributed by atoms with E-state index >= 15 is 0 Å². The third-order valence-corrected chi connectivity index (χ3v) is 6.59. The summed E-state index contributed by atoms with van der Waals surface area (Å²) < 4.78 is 23.6. The molecule has 0 spiro atoms. The minimum atomic E-state index is -2.96. The Morgan fingerprint density at radius 3 is 2.70 bits per heavy atom. The molecular weight excluding hydrogens is 362 g/mol. The highest BCUT2D eigenvalue weighted by Crippen LogP contribution is 2.24. The Kier molecular flexibility index (Phi) is 6.11. The van der Waals surface area contributed by atoms with Gasteiger partial charge in [-0.05, 0) is 37.5 Å². The topological polar surface area (TPSA) is 79.4 Å². The highest BCUT2D eigenvalue weighted by Gasteiger charge is 2.32. The van der Waals surface area contributed by atoms with Crippen LogP contribution >= 0.6 is 0 Å². The van der Waals surface area contributed by atoms with E-state index in [1.54, 1.807) is 12.3 Å². The number of hydrogen-bond donors (Lipinski definition) is 1. The van der Waals surface area contributed by atoms with Crippen molar-refractivity contribution in [1.29, 1.82) is 0 Å². The van der Waals surface area contributed by atoms with Gasteiger partial charge < -0.3 is 10.2 Å². The summed E-state index contributed by atoms with van der Waals surface area (Å²) in [6.45, 7) is 3.21. The zero-order valence-corrected chi connectivity index (χ0v) is 16.3. The molecular formula is C20H25N3O3S. The highest BCUT2D eigenvalue weighted by molar-refractivity contribution is 7.91. The molecule has 1 saturated heterocycles. The largest absolute Gasteiger partial charge is 0.368 e. The highest BCUT2D eigenvalue weighted by atomic mass is 32.2. The molecule has 27 heavy (non-hydrogen) atoms. The number of anilines is 1. The first-order valence-corrected chi connectivity index (χ1v) is 11.1. The first-order valence-electron chi connectivity index (χ1n) is 9.24. The van der Waals surface area contributed by atoms with Crippen molar-refractivity contribution < 1.29 is 13.2 Å². The molecule has 7 heteroatoms. The molecule has 1 aliphatic heterocycles. The van der Waals surface area contributed by atoms with Crippen molar-refractivity contribution in [3.8, 4) is 0 Å². The molecule has 144 valence electrons. The second kappa shape index (κ2) is 8.52. The fourth-order valence-corrected chi connectivity index (χ4v) is 5.18. The maximum atomic E-state index is 12.4. The average Bonchev–Trinajstić information content (AvgIpc) is 3.03. The molecule has 1 aromatic carbocycles. The van der Waals surface area contributed by atoms with E-state index in [9.17, 15) is 13.2 Å². The Morgan fingerprint density at radius 2 is 2.04 bits per heavy atom. The van der Waals surface area contributed by atoms with Crippen molar-refractivity contribution >= 4 is 21.4 Å². The second-order valence-corrected chi connectivity index (χ2v) is 8.96. The molecule has 1 aliphatic rings. The van der Waals surface area contributed by atoms with E-state index < -0.39 is 9.84 Å². The molecule has 0 radical (unpaired) electrons. The molecule has 1 unspecified atom stereocenters. The van der Waals surface area contributed by atoms with Crippen LogP contribution < -0.4 is 10.2 Å². The molecule has 1 aromatic heterocycles. The molecule has 0 bridgehead atoms. The molecule has 1 N–H and O–H groups in total. The van der Waals surface area contributed by atoms with Gasteiger partial charge in [-0.15, -0.1) is 0 Å². The van der Waals surface area contributed by atoms with Gasteiger partial charge in [0.25, 0.3) is 5.91 Å². The minimum Gasteiger partial charge on any atom is -0.368 e. The van der Waals surface area contributed by atoms with E-state index in [0.717, 1.165) is 12.1 Å². The van der Waals surface area contributed by atoms with E-state index in [-0.39, 0.29) is 23.5 Å². The van der Waals surface area contributed by atoms with Crippen LogP contribution in [0.4, 0.5) is 5.69 Å². The van der Waals surface area contributed by atoms with E-state index in [0.29, 0.717) is 25.2 Å². The summed E-state index contributed by atoms with van der Waals surface area (Å²) in [7, 11) is -2.96. The molecule has 1 fully saturated rings. The summed E-state index contributed by atoms with van der Waals surface area (Å²) in [5.74, 6) is 0.177. The standard InChI is InChI=1S/C20H25N3O3S/c1-2-23(18-10-13-27(25,26)15-18)17-9-12-21-19(14-17)20(24)22-11-8-16-6-4-3-5-7-16/h3-7,9,12,14,18H,2,8,10-11,13,15H2,1H3,(H,22,24). The van der Waals surface area contributed by atoms with Crippen LogP contribution in [0.3, 0.4) is 0 Å². The SMILES string of the molecule is CCN(c1ccnc(C(=O)NCCc2ccccc2)c1)C1CCS(=O)(=O)C1. The number of nitrogens with one attached hydrogen (secondary N) is 1. The third kappa shape index (κ3) is 5.07. The van der Waals surface area contributed by atoms with E-state index in [2.05, 4.69) is 10.3 Å². The lowest BCUT2D eigenvalue weighted by molar-refractivity contribution is 0.0949. The van der Waals surface area contributed by atoms with Crippen LogP contribution in [0.5, 0.6) is 0 Å². The smallest absolute Gasteiger partial charge is 0.269 e. The summed E-state index contributed by atoms with van der Waals surface area (Å²) >= 11 is 0. The number of carbonyl (C=O) groups is 1. The summed E-state index contributed by atoms with van der Waals surface area (Å²) in [5.41, 5.74) is 2.35. The molecule has 2 aromatic rings. The number of aromatic nitrogens is 1. The maximum absolute atomic E-state index is 12.4. The lowest BCUT2D eigenvalue weighted by Gasteiger charge is -2.29. The number of benzene rings is 1. The van der Waals surface area contributed by atoms with Gasteiger partial charge in [0.2, 0.25) is 0 Å². The number of sulfone groups is 1. The van der Waals surface area contributed by atoms with Gasteiger partial charge in [-0.25, -0.2) is 8.42 Å². The third-order valence-electron chi connectivity index (χ3n) is 4.84. The minimum absolute atomic E-state index is 0.0450. The van der Waals surface area contributed by atoms with E-state index in [4.69, 9.17) is 0 Å². The molecule has 1 atom stereocenters. The van der Waals surface area contributed by atoms with E-state index in [1.807, 2.05) is 48.2 Å². The van der Waals surface area contributed by atoms with Crippen molar-refractivity contribution in [1.82, 2.24) is 10.3 Å². The van der Waals surface area contributed by atoms with Crippen molar-refractivity contribution in [3.63, 3.8) is 0 Å². The second-order valence-electron chi connectivity index (χ2n) is 6.73. The van der Waals surface area contributed by atoms with Crippen molar-refractivity contribution in [2.24, 2.45) is 0 Å². The number of carbonyl (C=O) groups excluding carboxylic acids is 1. The fraction of sp³-hybridized carbons (Fsp3) is 0.400. The quantitative estimate of drug-likeness (QED) is 0.787. The van der Waals surface area contributed by atoms with Gasteiger partial charge in [0.05, 0.1) is 11.5 Å². The zero-order chi connectivity index (χ0) is 19.3. The van der Waals surface area contributed by atoms with Crippen LogP contribution in [0.25, 0.3) is 0 Å². The Bertz CT molecular complexity index is 884.